The Balaban J connectivity index is 1.81. The van der Waals surface area contributed by atoms with Crippen molar-refractivity contribution < 1.29 is 18.0 Å². The summed E-state index contributed by atoms with van der Waals surface area (Å²) in [6.45, 7) is 3.23. The molecule has 3 N–H and O–H groups in total. The number of carbonyl (C=O) groups excluding carboxylic acids is 2. The topological polar surface area (TPSA) is 104 Å². The normalized spacial score (nSPS) is 11.0. The first-order chi connectivity index (χ1) is 15.0. The molecule has 0 aliphatic heterocycles. The van der Waals surface area contributed by atoms with Gasteiger partial charge in [0.15, 0.2) is 0 Å². The van der Waals surface area contributed by atoms with Gasteiger partial charge in [-0.1, -0.05) is 35.3 Å². The first kappa shape index (κ1) is 23.6. The Kier molecular flexibility index (Phi) is 7.08. The highest BCUT2D eigenvalue weighted by molar-refractivity contribution is 7.92. The van der Waals surface area contributed by atoms with Crippen molar-refractivity contribution in [1.82, 2.24) is 0 Å². The van der Waals surface area contributed by atoms with Crippen LogP contribution in [0.5, 0.6) is 0 Å². The molecule has 3 aromatic carbocycles. The number of carbonyl (C=O) groups is 2. The van der Waals surface area contributed by atoms with Gasteiger partial charge in [0.05, 0.1) is 5.02 Å². The Morgan fingerprint density at radius 2 is 1.62 bits per heavy atom. The van der Waals surface area contributed by atoms with Crippen LogP contribution in [0.3, 0.4) is 0 Å². The molecular formula is C22H19Cl2N3O4S. The maximum absolute atomic E-state index is 12.7. The van der Waals surface area contributed by atoms with Gasteiger partial charge in [-0.25, -0.2) is 8.42 Å². The minimum absolute atomic E-state index is 0.0187. The lowest BCUT2D eigenvalue weighted by Crippen LogP contribution is -2.16. The lowest BCUT2D eigenvalue weighted by Gasteiger charge is -2.12. The Morgan fingerprint density at radius 3 is 2.34 bits per heavy atom. The smallest absolute Gasteiger partial charge is 0.263 e. The van der Waals surface area contributed by atoms with Crippen molar-refractivity contribution in [3.05, 3.63) is 81.8 Å². The molecule has 7 nitrogen and oxygen atoms in total. The van der Waals surface area contributed by atoms with E-state index >= 15 is 0 Å². The molecule has 0 spiro atoms. The molecule has 0 aliphatic rings. The van der Waals surface area contributed by atoms with Crippen molar-refractivity contribution in [3.63, 3.8) is 0 Å². The molecule has 0 fully saturated rings. The standard InChI is InChI=1S/C22H19Cl2N3O4S/c1-13-6-8-17(12-20(13)25-14(2)28)26-22(29)15-4-3-5-18(10-15)27-32(30,31)21-11-16(23)7-9-19(21)24/h3-12,27H,1-2H3,(H,25,28)(H,26,29). The third kappa shape index (κ3) is 5.79. The Morgan fingerprint density at radius 1 is 0.875 bits per heavy atom. The molecule has 0 saturated heterocycles. The van der Waals surface area contributed by atoms with Crippen molar-refractivity contribution in [2.24, 2.45) is 0 Å². The summed E-state index contributed by atoms with van der Waals surface area (Å²) < 4.78 is 27.8. The van der Waals surface area contributed by atoms with Crippen molar-refractivity contribution in [2.45, 2.75) is 18.7 Å². The quantitative estimate of drug-likeness (QED) is 0.434. The highest BCUT2D eigenvalue weighted by atomic mass is 35.5. The summed E-state index contributed by atoms with van der Waals surface area (Å²) in [5.41, 5.74) is 2.30. The number of rotatable bonds is 6. The van der Waals surface area contributed by atoms with E-state index in [0.717, 1.165) is 5.56 Å². The fraction of sp³-hybridized carbons (Fsp3) is 0.0909. The maximum Gasteiger partial charge on any atom is 0.263 e. The van der Waals surface area contributed by atoms with E-state index in [1.165, 1.54) is 37.3 Å². The molecule has 0 aliphatic carbocycles. The van der Waals surface area contributed by atoms with E-state index in [2.05, 4.69) is 15.4 Å². The predicted molar refractivity (Wildman–Crippen MR) is 127 cm³/mol. The van der Waals surface area contributed by atoms with Gasteiger partial charge in [0.1, 0.15) is 4.90 Å². The Bertz CT molecular complexity index is 1310. The van der Waals surface area contributed by atoms with Crippen LogP contribution in [0, 0.1) is 6.92 Å². The second-order valence-corrected chi connectivity index (χ2v) is 9.42. The van der Waals surface area contributed by atoms with Crippen molar-refractivity contribution in [3.8, 4) is 0 Å². The van der Waals surface area contributed by atoms with Crippen LogP contribution in [0.2, 0.25) is 10.0 Å². The highest BCUT2D eigenvalue weighted by Crippen LogP contribution is 2.27. The molecule has 0 atom stereocenters. The summed E-state index contributed by atoms with van der Waals surface area (Å²) in [5.74, 6) is -0.680. The molecule has 0 unspecified atom stereocenters. The molecule has 0 aromatic heterocycles. The molecule has 0 radical (unpaired) electrons. The zero-order valence-corrected chi connectivity index (χ0v) is 19.4. The van der Waals surface area contributed by atoms with Gasteiger partial charge in [-0.3, -0.25) is 14.3 Å². The summed E-state index contributed by atoms with van der Waals surface area (Å²) in [7, 11) is -4.03. The number of benzene rings is 3. The van der Waals surface area contributed by atoms with Crippen LogP contribution >= 0.6 is 23.2 Å². The maximum atomic E-state index is 12.7. The number of amides is 2. The number of hydrogen-bond acceptors (Lipinski definition) is 4. The largest absolute Gasteiger partial charge is 0.326 e. The van der Waals surface area contributed by atoms with Crippen molar-refractivity contribution >= 4 is 62.1 Å². The number of hydrogen-bond donors (Lipinski definition) is 3. The third-order valence-electron chi connectivity index (χ3n) is 4.37. The van der Waals surface area contributed by atoms with Crippen LogP contribution in [0.4, 0.5) is 17.1 Å². The molecule has 0 saturated carbocycles. The monoisotopic (exact) mass is 491 g/mol. The fourth-order valence-corrected chi connectivity index (χ4v) is 4.66. The first-order valence-electron chi connectivity index (χ1n) is 9.33. The molecular weight excluding hydrogens is 473 g/mol. The van der Waals surface area contributed by atoms with E-state index in [1.807, 2.05) is 6.92 Å². The molecule has 32 heavy (non-hydrogen) atoms. The van der Waals surface area contributed by atoms with Crippen molar-refractivity contribution in [1.29, 1.82) is 0 Å². The van der Waals surface area contributed by atoms with Crippen LogP contribution < -0.4 is 15.4 Å². The van der Waals surface area contributed by atoms with E-state index in [1.54, 1.807) is 30.3 Å². The molecule has 0 bridgehead atoms. The zero-order valence-electron chi connectivity index (χ0n) is 17.1. The second kappa shape index (κ2) is 9.60. The first-order valence-corrected chi connectivity index (χ1v) is 11.6. The van der Waals surface area contributed by atoms with Crippen LogP contribution in [0.1, 0.15) is 22.8 Å². The fourth-order valence-electron chi connectivity index (χ4n) is 2.84. The molecule has 0 heterocycles. The summed E-state index contributed by atoms with van der Waals surface area (Å²) >= 11 is 11.9. The van der Waals surface area contributed by atoms with Gasteiger partial charge in [0, 0.05) is 34.6 Å². The zero-order chi connectivity index (χ0) is 23.5. The third-order valence-corrected chi connectivity index (χ3v) is 6.46. The van der Waals surface area contributed by atoms with Gasteiger partial charge >= 0.3 is 0 Å². The lowest BCUT2D eigenvalue weighted by molar-refractivity contribution is -0.114. The summed E-state index contributed by atoms with van der Waals surface area (Å²) in [5, 5.41) is 5.67. The Labute approximate surface area is 195 Å². The van der Waals surface area contributed by atoms with E-state index in [0.29, 0.717) is 11.4 Å². The lowest BCUT2D eigenvalue weighted by atomic mass is 10.1. The highest BCUT2D eigenvalue weighted by Gasteiger charge is 2.19. The van der Waals surface area contributed by atoms with Crippen molar-refractivity contribution in [2.75, 3.05) is 15.4 Å². The summed E-state index contributed by atoms with van der Waals surface area (Å²) in [4.78, 5) is 23.9. The van der Waals surface area contributed by atoms with Gasteiger partial charge in [-0.05, 0) is 61.0 Å². The molecule has 2 amide bonds. The van der Waals surface area contributed by atoms with Gasteiger partial charge in [-0.15, -0.1) is 0 Å². The second-order valence-electron chi connectivity index (χ2n) is 6.93. The minimum atomic E-state index is -4.03. The van der Waals surface area contributed by atoms with E-state index in [-0.39, 0.29) is 32.1 Å². The van der Waals surface area contributed by atoms with Crippen LogP contribution in [-0.2, 0) is 14.8 Å². The molecule has 10 heteroatoms. The number of halogens is 2. The number of nitrogens with one attached hydrogen (secondary N) is 3. The van der Waals surface area contributed by atoms with Gasteiger partial charge in [-0.2, -0.15) is 0 Å². The van der Waals surface area contributed by atoms with E-state index in [4.69, 9.17) is 23.2 Å². The number of aryl methyl sites for hydroxylation is 1. The molecule has 3 aromatic rings. The van der Waals surface area contributed by atoms with Crippen LogP contribution in [-0.4, -0.2) is 20.2 Å². The average Bonchev–Trinajstić information content (AvgIpc) is 2.71. The van der Waals surface area contributed by atoms with Crippen LogP contribution in [0.15, 0.2) is 65.6 Å². The predicted octanol–water partition coefficient (Wildman–Crippen LogP) is 5.31. The molecule has 166 valence electrons. The van der Waals surface area contributed by atoms with Crippen LogP contribution in [0.25, 0.3) is 0 Å². The summed E-state index contributed by atoms with van der Waals surface area (Å²) in [6, 6.07) is 15.2. The number of sulfonamides is 1. The average molecular weight is 492 g/mol. The SMILES string of the molecule is CC(=O)Nc1cc(NC(=O)c2cccc(NS(=O)(=O)c3cc(Cl)ccc3Cl)c2)ccc1C. The minimum Gasteiger partial charge on any atom is -0.326 e. The van der Waals surface area contributed by atoms with E-state index in [9.17, 15) is 18.0 Å². The van der Waals surface area contributed by atoms with E-state index < -0.39 is 15.9 Å². The Hall–Kier alpha value is -3.07. The van der Waals surface area contributed by atoms with Gasteiger partial charge < -0.3 is 10.6 Å². The van der Waals surface area contributed by atoms with Gasteiger partial charge in [0.2, 0.25) is 5.91 Å². The summed E-state index contributed by atoms with van der Waals surface area (Å²) in [6.07, 6.45) is 0. The molecule has 3 rings (SSSR count). The number of anilines is 3. The van der Waals surface area contributed by atoms with Gasteiger partial charge in [0.25, 0.3) is 15.9 Å².